The third kappa shape index (κ3) is 1.79. The lowest BCUT2D eigenvalue weighted by Gasteiger charge is -2.01. The van der Waals surface area contributed by atoms with Gasteiger partial charge in [-0.3, -0.25) is 0 Å². The molecule has 0 unspecified atom stereocenters. The molecule has 0 saturated heterocycles. The molecule has 14 heavy (non-hydrogen) atoms. The zero-order chi connectivity index (χ0) is 9.97. The number of furan rings is 1. The number of benzene rings is 1. The molecule has 0 amide bonds. The minimum absolute atomic E-state index is 0.189. The molecule has 0 fully saturated rings. The van der Waals surface area contributed by atoms with Gasteiger partial charge >= 0.3 is 0 Å². The van der Waals surface area contributed by atoms with Crippen LogP contribution in [0.4, 0.5) is 0 Å². The molecule has 1 N–H and O–H groups in total. The van der Waals surface area contributed by atoms with Crippen molar-refractivity contribution in [3.63, 3.8) is 0 Å². The number of hydrogen-bond donors (Lipinski definition) is 1. The predicted molar refractivity (Wildman–Crippen MR) is 54.4 cm³/mol. The molecular weight excluding hydrogens is 176 g/mol. The van der Waals surface area contributed by atoms with Crippen molar-refractivity contribution in [1.29, 1.82) is 0 Å². The third-order valence-corrected chi connectivity index (χ3v) is 2.27. The van der Waals surface area contributed by atoms with Crippen LogP contribution in [-0.4, -0.2) is 5.11 Å². The lowest BCUT2D eigenvalue weighted by Crippen LogP contribution is -1.88. The molecule has 0 spiro atoms. The number of aromatic hydroxyl groups is 1. The second kappa shape index (κ2) is 3.58. The van der Waals surface area contributed by atoms with Gasteiger partial charge in [0.1, 0.15) is 12.0 Å². The Bertz CT molecular complexity index is 429. The van der Waals surface area contributed by atoms with Crippen LogP contribution in [0.1, 0.15) is 16.9 Å². The Kier molecular flexibility index (Phi) is 2.27. The summed E-state index contributed by atoms with van der Waals surface area (Å²) in [6.07, 6.45) is 2.08. The fourth-order valence-corrected chi connectivity index (χ4v) is 1.46. The third-order valence-electron chi connectivity index (χ3n) is 2.27. The summed E-state index contributed by atoms with van der Waals surface area (Å²) in [6.45, 7) is 2.07. The first-order chi connectivity index (χ1) is 6.75. The van der Waals surface area contributed by atoms with Gasteiger partial charge in [-0.2, -0.15) is 0 Å². The first-order valence-electron chi connectivity index (χ1n) is 4.56. The Hall–Kier alpha value is -1.70. The molecule has 0 radical (unpaired) electrons. The Labute approximate surface area is 82.8 Å². The molecule has 1 aromatic heterocycles. The van der Waals surface area contributed by atoms with Gasteiger partial charge in [-0.15, -0.1) is 0 Å². The van der Waals surface area contributed by atoms with Crippen LogP contribution in [0, 0.1) is 6.92 Å². The molecule has 0 aliphatic carbocycles. The fraction of sp³-hybridized carbons (Fsp3) is 0.167. The predicted octanol–water partition coefficient (Wildman–Crippen LogP) is 2.88. The van der Waals surface area contributed by atoms with E-state index in [0.29, 0.717) is 0 Å². The molecule has 1 heterocycles. The van der Waals surface area contributed by atoms with Crippen molar-refractivity contribution in [2.24, 2.45) is 0 Å². The van der Waals surface area contributed by atoms with Crippen LogP contribution in [0.15, 0.2) is 41.0 Å². The van der Waals surface area contributed by atoms with Gasteiger partial charge in [-0.1, -0.05) is 24.3 Å². The zero-order valence-corrected chi connectivity index (χ0v) is 8.03. The molecule has 1 aromatic carbocycles. The van der Waals surface area contributed by atoms with Crippen molar-refractivity contribution in [1.82, 2.24) is 0 Å². The van der Waals surface area contributed by atoms with Crippen LogP contribution in [-0.2, 0) is 6.42 Å². The highest BCUT2D eigenvalue weighted by Crippen LogP contribution is 2.18. The van der Waals surface area contributed by atoms with Gasteiger partial charge in [0.05, 0.1) is 0 Å². The number of rotatable bonds is 2. The van der Waals surface area contributed by atoms with Crippen LogP contribution in [0.2, 0.25) is 0 Å². The molecule has 0 aliphatic heterocycles. The van der Waals surface area contributed by atoms with E-state index in [4.69, 9.17) is 9.52 Å². The Balaban J connectivity index is 2.23. The van der Waals surface area contributed by atoms with Crippen molar-refractivity contribution in [2.75, 3.05) is 0 Å². The van der Waals surface area contributed by atoms with Gasteiger partial charge in [0, 0.05) is 12.5 Å². The largest absolute Gasteiger partial charge is 0.505 e. The summed E-state index contributed by atoms with van der Waals surface area (Å²) in [7, 11) is 0. The van der Waals surface area contributed by atoms with Crippen LogP contribution < -0.4 is 0 Å². The zero-order valence-electron chi connectivity index (χ0n) is 8.03. The molecule has 2 aromatic rings. The fourth-order valence-electron chi connectivity index (χ4n) is 1.46. The summed E-state index contributed by atoms with van der Waals surface area (Å²) in [5, 5.41) is 9.11. The lowest BCUT2D eigenvalue weighted by atomic mass is 10.0. The second-order valence-corrected chi connectivity index (χ2v) is 3.37. The Morgan fingerprint density at radius 1 is 1.29 bits per heavy atom. The van der Waals surface area contributed by atoms with Crippen LogP contribution in [0.25, 0.3) is 0 Å². The van der Waals surface area contributed by atoms with Crippen LogP contribution >= 0.6 is 0 Å². The van der Waals surface area contributed by atoms with Crippen LogP contribution in [0.3, 0.4) is 0 Å². The van der Waals surface area contributed by atoms with Crippen molar-refractivity contribution in [3.8, 4) is 5.75 Å². The molecule has 2 rings (SSSR count). The van der Waals surface area contributed by atoms with E-state index in [0.717, 1.165) is 12.2 Å². The Morgan fingerprint density at radius 3 is 2.71 bits per heavy atom. The van der Waals surface area contributed by atoms with Gasteiger partial charge in [-0.05, 0) is 18.1 Å². The smallest absolute Gasteiger partial charge is 0.154 e. The van der Waals surface area contributed by atoms with E-state index in [9.17, 15) is 0 Å². The van der Waals surface area contributed by atoms with Crippen molar-refractivity contribution in [3.05, 3.63) is 53.5 Å². The minimum atomic E-state index is 0.189. The summed E-state index contributed by atoms with van der Waals surface area (Å²) in [6, 6.07) is 9.79. The molecule has 0 saturated carbocycles. The highest BCUT2D eigenvalue weighted by Gasteiger charge is 2.03. The second-order valence-electron chi connectivity index (χ2n) is 3.37. The highest BCUT2D eigenvalue weighted by molar-refractivity contribution is 5.30. The summed E-state index contributed by atoms with van der Waals surface area (Å²) in [5.41, 5.74) is 2.46. The normalized spacial score (nSPS) is 10.4. The molecule has 0 bridgehead atoms. The first kappa shape index (κ1) is 8.88. The minimum Gasteiger partial charge on any atom is -0.505 e. The molecular formula is C12H12O2. The van der Waals surface area contributed by atoms with Gasteiger partial charge < -0.3 is 9.52 Å². The van der Waals surface area contributed by atoms with Gasteiger partial charge in [0.2, 0.25) is 0 Å². The van der Waals surface area contributed by atoms with Crippen LogP contribution in [0.5, 0.6) is 5.75 Å². The van der Waals surface area contributed by atoms with E-state index in [1.54, 1.807) is 6.07 Å². The standard InChI is InChI=1S/C12H12O2/c1-9-4-2-3-5-10(9)6-12-7-11(13)8-14-12/h2-5,7-8,13H,6H2,1H3. The molecule has 0 aliphatic rings. The maximum atomic E-state index is 9.11. The van der Waals surface area contributed by atoms with E-state index in [-0.39, 0.29) is 5.75 Å². The summed E-state index contributed by atoms with van der Waals surface area (Å²) < 4.78 is 5.17. The van der Waals surface area contributed by atoms with E-state index >= 15 is 0 Å². The van der Waals surface area contributed by atoms with Crippen molar-refractivity contribution in [2.45, 2.75) is 13.3 Å². The highest BCUT2D eigenvalue weighted by atomic mass is 16.4. The monoisotopic (exact) mass is 188 g/mol. The molecule has 2 nitrogen and oxygen atoms in total. The SMILES string of the molecule is Cc1ccccc1Cc1cc(O)co1. The number of hydrogen-bond acceptors (Lipinski definition) is 2. The van der Waals surface area contributed by atoms with Crippen molar-refractivity contribution >= 4 is 0 Å². The summed E-state index contributed by atoms with van der Waals surface area (Å²) in [4.78, 5) is 0. The topological polar surface area (TPSA) is 33.4 Å². The van der Waals surface area contributed by atoms with E-state index in [1.807, 2.05) is 12.1 Å². The summed E-state index contributed by atoms with van der Waals surface area (Å²) >= 11 is 0. The van der Waals surface area contributed by atoms with Gasteiger partial charge in [-0.25, -0.2) is 0 Å². The molecule has 2 heteroatoms. The average molecular weight is 188 g/mol. The average Bonchev–Trinajstić information content (AvgIpc) is 2.56. The first-order valence-corrected chi connectivity index (χ1v) is 4.56. The van der Waals surface area contributed by atoms with Crippen molar-refractivity contribution < 1.29 is 9.52 Å². The van der Waals surface area contributed by atoms with Gasteiger partial charge in [0.25, 0.3) is 0 Å². The van der Waals surface area contributed by atoms with E-state index in [1.165, 1.54) is 17.4 Å². The quantitative estimate of drug-likeness (QED) is 0.786. The van der Waals surface area contributed by atoms with E-state index < -0.39 is 0 Å². The number of aryl methyl sites for hydroxylation is 1. The summed E-state index contributed by atoms with van der Waals surface area (Å²) in [5.74, 6) is 0.977. The maximum Gasteiger partial charge on any atom is 0.154 e. The van der Waals surface area contributed by atoms with Gasteiger partial charge in [0.15, 0.2) is 5.75 Å². The molecule has 72 valence electrons. The Morgan fingerprint density at radius 2 is 2.07 bits per heavy atom. The lowest BCUT2D eigenvalue weighted by molar-refractivity contribution is 0.453. The molecule has 0 atom stereocenters. The maximum absolute atomic E-state index is 9.11. The van der Waals surface area contributed by atoms with E-state index in [2.05, 4.69) is 19.1 Å².